The fourth-order valence-electron chi connectivity index (χ4n) is 1.51. The standard InChI is InChI=1S/C13H18BrNO/c1-3-12(14)13(16)15-9-8-11-7-5-4-6-10(11)2/h4-7,12H,3,8-9H2,1-2H3,(H,15,16). The van der Waals surface area contributed by atoms with Crippen molar-refractivity contribution in [2.75, 3.05) is 6.54 Å². The van der Waals surface area contributed by atoms with E-state index in [0.29, 0.717) is 6.54 Å². The first kappa shape index (κ1) is 13.2. The number of hydrogen-bond acceptors (Lipinski definition) is 1. The van der Waals surface area contributed by atoms with Crippen molar-refractivity contribution in [3.63, 3.8) is 0 Å². The van der Waals surface area contributed by atoms with E-state index in [2.05, 4.69) is 40.3 Å². The highest BCUT2D eigenvalue weighted by Gasteiger charge is 2.10. The molecule has 88 valence electrons. The first-order valence-corrected chi connectivity index (χ1v) is 6.53. The van der Waals surface area contributed by atoms with E-state index in [0.717, 1.165) is 12.8 Å². The van der Waals surface area contributed by atoms with Crippen LogP contribution in [-0.2, 0) is 11.2 Å². The maximum Gasteiger partial charge on any atom is 0.233 e. The van der Waals surface area contributed by atoms with E-state index in [-0.39, 0.29) is 10.7 Å². The molecular weight excluding hydrogens is 266 g/mol. The predicted molar refractivity (Wildman–Crippen MR) is 70.9 cm³/mol. The highest BCUT2D eigenvalue weighted by molar-refractivity contribution is 9.10. The quantitative estimate of drug-likeness (QED) is 0.828. The second-order valence-electron chi connectivity index (χ2n) is 3.84. The predicted octanol–water partition coefficient (Wildman–Crippen LogP) is 2.83. The molecule has 0 aliphatic heterocycles. The molecule has 1 rings (SSSR count). The molecule has 0 heterocycles. The number of alkyl halides is 1. The minimum Gasteiger partial charge on any atom is -0.355 e. The van der Waals surface area contributed by atoms with Crippen LogP contribution >= 0.6 is 15.9 Å². The van der Waals surface area contributed by atoms with Crippen molar-refractivity contribution < 1.29 is 4.79 Å². The Hall–Kier alpha value is -0.830. The highest BCUT2D eigenvalue weighted by Crippen LogP contribution is 2.07. The lowest BCUT2D eigenvalue weighted by Gasteiger charge is -2.09. The third-order valence-corrected chi connectivity index (χ3v) is 3.66. The van der Waals surface area contributed by atoms with E-state index < -0.39 is 0 Å². The van der Waals surface area contributed by atoms with E-state index in [9.17, 15) is 4.79 Å². The van der Waals surface area contributed by atoms with Gasteiger partial charge in [0.15, 0.2) is 0 Å². The summed E-state index contributed by atoms with van der Waals surface area (Å²) in [5.41, 5.74) is 2.58. The van der Waals surface area contributed by atoms with Crippen LogP contribution in [0.1, 0.15) is 24.5 Å². The van der Waals surface area contributed by atoms with Crippen LogP contribution in [0.2, 0.25) is 0 Å². The number of halogens is 1. The van der Waals surface area contributed by atoms with Crippen LogP contribution in [0, 0.1) is 6.92 Å². The third-order valence-electron chi connectivity index (χ3n) is 2.60. The number of carbonyl (C=O) groups is 1. The van der Waals surface area contributed by atoms with Crippen LogP contribution in [0.25, 0.3) is 0 Å². The van der Waals surface area contributed by atoms with Crippen LogP contribution in [0.4, 0.5) is 0 Å². The first-order valence-electron chi connectivity index (χ1n) is 5.61. The molecule has 1 unspecified atom stereocenters. The van der Waals surface area contributed by atoms with Gasteiger partial charge in [-0.2, -0.15) is 0 Å². The van der Waals surface area contributed by atoms with Gasteiger partial charge in [-0.05, 0) is 30.9 Å². The zero-order valence-electron chi connectivity index (χ0n) is 9.79. The number of nitrogens with one attached hydrogen (secondary N) is 1. The summed E-state index contributed by atoms with van der Waals surface area (Å²) in [6.45, 7) is 4.78. The number of benzene rings is 1. The van der Waals surface area contributed by atoms with Gasteiger partial charge in [0, 0.05) is 6.54 Å². The van der Waals surface area contributed by atoms with Crippen molar-refractivity contribution in [1.82, 2.24) is 5.32 Å². The van der Waals surface area contributed by atoms with Crippen LogP contribution in [0.3, 0.4) is 0 Å². The Morgan fingerprint density at radius 1 is 1.44 bits per heavy atom. The molecule has 0 spiro atoms. The zero-order chi connectivity index (χ0) is 12.0. The topological polar surface area (TPSA) is 29.1 Å². The fourth-order valence-corrected chi connectivity index (χ4v) is 1.67. The normalized spacial score (nSPS) is 12.2. The van der Waals surface area contributed by atoms with Gasteiger partial charge in [0.25, 0.3) is 0 Å². The monoisotopic (exact) mass is 283 g/mol. The summed E-state index contributed by atoms with van der Waals surface area (Å²) >= 11 is 3.33. The Morgan fingerprint density at radius 3 is 2.75 bits per heavy atom. The highest BCUT2D eigenvalue weighted by atomic mass is 79.9. The van der Waals surface area contributed by atoms with Gasteiger partial charge in [0.2, 0.25) is 5.91 Å². The van der Waals surface area contributed by atoms with Gasteiger partial charge < -0.3 is 5.32 Å². The average molecular weight is 284 g/mol. The number of hydrogen-bond donors (Lipinski definition) is 1. The Kier molecular flexibility index (Phi) is 5.53. The lowest BCUT2D eigenvalue weighted by Crippen LogP contribution is -2.32. The Bertz CT molecular complexity index is 352. The van der Waals surface area contributed by atoms with Crippen molar-refractivity contribution in [2.24, 2.45) is 0 Å². The zero-order valence-corrected chi connectivity index (χ0v) is 11.4. The van der Waals surface area contributed by atoms with Gasteiger partial charge in [-0.1, -0.05) is 47.1 Å². The van der Waals surface area contributed by atoms with Gasteiger partial charge in [0.1, 0.15) is 0 Å². The molecule has 0 radical (unpaired) electrons. The van der Waals surface area contributed by atoms with Crippen molar-refractivity contribution in [3.05, 3.63) is 35.4 Å². The third kappa shape index (κ3) is 3.97. The Balaban J connectivity index is 2.36. The van der Waals surface area contributed by atoms with Crippen molar-refractivity contribution in [3.8, 4) is 0 Å². The Morgan fingerprint density at radius 2 is 2.12 bits per heavy atom. The number of amides is 1. The SMILES string of the molecule is CCC(Br)C(=O)NCCc1ccccc1C. The summed E-state index contributed by atoms with van der Waals surface area (Å²) in [6.07, 6.45) is 1.71. The minimum absolute atomic E-state index is 0.0654. The molecule has 0 aliphatic rings. The average Bonchev–Trinajstić information content (AvgIpc) is 2.30. The fraction of sp³-hybridized carbons (Fsp3) is 0.462. The minimum atomic E-state index is -0.0654. The summed E-state index contributed by atoms with van der Waals surface area (Å²) in [5.74, 6) is 0.0797. The molecule has 1 N–H and O–H groups in total. The summed E-state index contributed by atoms with van der Waals surface area (Å²) in [4.78, 5) is 11.4. The molecule has 0 aromatic heterocycles. The summed E-state index contributed by atoms with van der Waals surface area (Å²) in [7, 11) is 0. The second kappa shape index (κ2) is 6.69. The molecule has 0 saturated carbocycles. The van der Waals surface area contributed by atoms with Crippen molar-refractivity contribution in [2.45, 2.75) is 31.5 Å². The van der Waals surface area contributed by atoms with Crippen LogP contribution in [-0.4, -0.2) is 17.3 Å². The maximum atomic E-state index is 11.5. The van der Waals surface area contributed by atoms with E-state index in [1.54, 1.807) is 0 Å². The molecule has 1 amide bonds. The summed E-state index contributed by atoms with van der Waals surface area (Å²) < 4.78 is 0. The number of rotatable bonds is 5. The summed E-state index contributed by atoms with van der Waals surface area (Å²) in [5, 5.41) is 2.92. The molecule has 0 saturated heterocycles. The molecular formula is C13H18BrNO. The lowest BCUT2D eigenvalue weighted by atomic mass is 10.1. The van der Waals surface area contributed by atoms with Crippen molar-refractivity contribution in [1.29, 1.82) is 0 Å². The molecule has 1 atom stereocenters. The number of aryl methyl sites for hydroxylation is 1. The molecule has 0 fully saturated rings. The molecule has 1 aromatic carbocycles. The summed E-state index contributed by atoms with van der Waals surface area (Å²) in [6, 6.07) is 8.26. The van der Waals surface area contributed by atoms with E-state index in [1.807, 2.05) is 19.1 Å². The van der Waals surface area contributed by atoms with E-state index in [4.69, 9.17) is 0 Å². The van der Waals surface area contributed by atoms with Crippen molar-refractivity contribution >= 4 is 21.8 Å². The smallest absolute Gasteiger partial charge is 0.233 e. The number of carbonyl (C=O) groups excluding carboxylic acids is 1. The van der Waals surface area contributed by atoms with Gasteiger partial charge in [0.05, 0.1) is 4.83 Å². The molecule has 16 heavy (non-hydrogen) atoms. The molecule has 2 nitrogen and oxygen atoms in total. The molecule has 0 aliphatic carbocycles. The van der Waals surface area contributed by atoms with Gasteiger partial charge in [-0.3, -0.25) is 4.79 Å². The van der Waals surface area contributed by atoms with Crippen LogP contribution in [0.5, 0.6) is 0 Å². The lowest BCUT2D eigenvalue weighted by molar-refractivity contribution is -0.120. The second-order valence-corrected chi connectivity index (χ2v) is 4.95. The van der Waals surface area contributed by atoms with Gasteiger partial charge in [-0.25, -0.2) is 0 Å². The first-order chi connectivity index (χ1) is 7.65. The Labute approximate surface area is 106 Å². The molecule has 3 heteroatoms. The van der Waals surface area contributed by atoms with Gasteiger partial charge >= 0.3 is 0 Å². The molecule has 1 aromatic rings. The van der Waals surface area contributed by atoms with E-state index >= 15 is 0 Å². The largest absolute Gasteiger partial charge is 0.355 e. The maximum absolute atomic E-state index is 11.5. The van der Waals surface area contributed by atoms with E-state index in [1.165, 1.54) is 11.1 Å². The van der Waals surface area contributed by atoms with Crippen LogP contribution < -0.4 is 5.32 Å². The van der Waals surface area contributed by atoms with Gasteiger partial charge in [-0.15, -0.1) is 0 Å². The molecule has 0 bridgehead atoms. The van der Waals surface area contributed by atoms with Crippen LogP contribution in [0.15, 0.2) is 24.3 Å².